The maximum Gasteiger partial charge on any atom is 0.328 e. The molecule has 0 aliphatic rings. The van der Waals surface area contributed by atoms with Crippen molar-refractivity contribution in [3.63, 3.8) is 0 Å². The number of unbranched alkanes of at least 4 members (excludes halogenated alkanes) is 1. The molecule has 4 amide bonds. The lowest BCUT2D eigenvalue weighted by molar-refractivity contribution is -0.145. The topological polar surface area (TPSA) is 256 Å². The fraction of sp³-hybridized carbons (Fsp3) is 0.480. The van der Waals surface area contributed by atoms with Crippen molar-refractivity contribution in [2.24, 2.45) is 17.2 Å². The monoisotopic (exact) mass is 547 g/mol. The largest absolute Gasteiger partial charge is 0.480 e. The van der Waals surface area contributed by atoms with E-state index in [-0.39, 0.29) is 6.42 Å². The minimum Gasteiger partial charge on any atom is -0.480 e. The number of nitrogens with one attached hydrogen (secondary N) is 4. The Morgan fingerprint density at radius 3 is 2.23 bits per heavy atom. The molecule has 1 aromatic carbocycles. The molecule has 5 unspecified atom stereocenters. The highest BCUT2D eigenvalue weighted by atomic mass is 16.4. The van der Waals surface area contributed by atoms with Gasteiger partial charge < -0.3 is 48.3 Å². The number of hydrogen-bond donors (Lipinski definition) is 9. The Bertz CT molecular complexity index is 1170. The molecule has 214 valence electrons. The molecule has 0 aliphatic heterocycles. The molecule has 14 nitrogen and oxygen atoms in total. The van der Waals surface area contributed by atoms with Crippen molar-refractivity contribution in [2.75, 3.05) is 6.54 Å². The summed E-state index contributed by atoms with van der Waals surface area (Å²) in [6.45, 7) is 1.63. The maximum atomic E-state index is 13.2. The Labute approximate surface area is 225 Å². The molecule has 0 spiro atoms. The van der Waals surface area contributed by atoms with E-state index in [1.807, 2.05) is 12.1 Å². The van der Waals surface area contributed by atoms with E-state index in [4.69, 9.17) is 17.2 Å². The first-order valence-corrected chi connectivity index (χ1v) is 12.6. The lowest BCUT2D eigenvalue weighted by atomic mass is 10.0. The molecule has 0 saturated heterocycles. The molecule has 0 saturated carbocycles. The number of hydrogen-bond acceptors (Lipinski definition) is 8. The predicted molar refractivity (Wildman–Crippen MR) is 142 cm³/mol. The number of H-pyrrole nitrogens is 1. The van der Waals surface area contributed by atoms with Gasteiger partial charge in [0.25, 0.3) is 0 Å². The van der Waals surface area contributed by atoms with E-state index >= 15 is 0 Å². The van der Waals surface area contributed by atoms with Gasteiger partial charge in [0.2, 0.25) is 23.6 Å². The van der Waals surface area contributed by atoms with Crippen molar-refractivity contribution in [3.8, 4) is 0 Å². The number of benzene rings is 1. The van der Waals surface area contributed by atoms with E-state index in [9.17, 15) is 34.2 Å². The number of aromatic amines is 1. The van der Waals surface area contributed by atoms with E-state index in [1.54, 1.807) is 18.3 Å². The van der Waals surface area contributed by atoms with Crippen LogP contribution in [0.4, 0.5) is 0 Å². The van der Waals surface area contributed by atoms with Gasteiger partial charge in [0, 0.05) is 23.5 Å². The van der Waals surface area contributed by atoms with Gasteiger partial charge in [-0.25, -0.2) is 4.79 Å². The highest BCUT2D eigenvalue weighted by molar-refractivity contribution is 5.96. The van der Waals surface area contributed by atoms with Gasteiger partial charge >= 0.3 is 5.97 Å². The van der Waals surface area contributed by atoms with Crippen molar-refractivity contribution in [3.05, 3.63) is 36.0 Å². The minimum absolute atomic E-state index is 0.0798. The van der Waals surface area contributed by atoms with Gasteiger partial charge in [-0.2, -0.15) is 0 Å². The first kappa shape index (κ1) is 31.2. The number of aromatic nitrogens is 1. The summed E-state index contributed by atoms with van der Waals surface area (Å²) in [5.74, 6) is -4.85. The Kier molecular flexibility index (Phi) is 11.8. The third-order valence-electron chi connectivity index (χ3n) is 6.12. The van der Waals surface area contributed by atoms with Crippen LogP contribution in [0.5, 0.6) is 0 Å². The molecule has 1 aromatic heterocycles. The summed E-state index contributed by atoms with van der Waals surface area (Å²) < 4.78 is 0. The normalized spacial score (nSPS) is 15.0. The fourth-order valence-electron chi connectivity index (χ4n) is 3.97. The van der Waals surface area contributed by atoms with Crippen molar-refractivity contribution in [1.82, 2.24) is 20.9 Å². The van der Waals surface area contributed by atoms with Crippen LogP contribution in [0, 0.1) is 0 Å². The molecule has 2 aromatic rings. The molecule has 0 aliphatic carbocycles. The Balaban J connectivity index is 2.29. The van der Waals surface area contributed by atoms with Gasteiger partial charge in [0.1, 0.15) is 12.1 Å². The van der Waals surface area contributed by atoms with E-state index < -0.39 is 66.3 Å². The second-order valence-electron chi connectivity index (χ2n) is 9.31. The second kappa shape index (κ2) is 14.8. The Morgan fingerprint density at radius 2 is 1.62 bits per heavy atom. The number of aliphatic hydroxyl groups is 1. The number of carboxylic acid groups (broad SMARTS) is 1. The van der Waals surface area contributed by atoms with Crippen molar-refractivity contribution >= 4 is 40.5 Å². The van der Waals surface area contributed by atoms with Gasteiger partial charge in [-0.15, -0.1) is 0 Å². The number of carbonyl (C=O) groups excluding carboxylic acids is 4. The number of para-hydroxylation sites is 1. The fourth-order valence-corrected chi connectivity index (χ4v) is 3.97. The summed E-state index contributed by atoms with van der Waals surface area (Å²) in [6.07, 6.45) is 1.10. The van der Waals surface area contributed by atoms with Crippen molar-refractivity contribution in [2.45, 2.75) is 69.3 Å². The standard InChI is InChI=1S/C25H37N7O7/c1-13(33)21(25(38)39)32-24(37)18(10-14-12-29-17-8-3-2-6-15(14)17)31-23(36)19(11-20(28)34)30-22(35)16(27)7-4-5-9-26/h2-3,6,8,12-13,16,18-19,21,29,33H,4-5,7,9-11,26-27H2,1H3,(H2,28,34)(H,30,35)(H,31,36)(H,32,37)(H,38,39). The average molecular weight is 548 g/mol. The van der Waals surface area contributed by atoms with Gasteiger partial charge in [0.15, 0.2) is 6.04 Å². The molecule has 39 heavy (non-hydrogen) atoms. The number of carboxylic acids is 1. The van der Waals surface area contributed by atoms with Gasteiger partial charge in [0.05, 0.1) is 18.6 Å². The Morgan fingerprint density at radius 1 is 0.974 bits per heavy atom. The maximum absolute atomic E-state index is 13.2. The van der Waals surface area contributed by atoms with E-state index in [0.717, 1.165) is 10.9 Å². The first-order valence-electron chi connectivity index (χ1n) is 12.6. The Hall–Kier alpha value is -4.01. The van der Waals surface area contributed by atoms with Gasteiger partial charge in [-0.05, 0) is 37.9 Å². The molecule has 1 heterocycles. The zero-order valence-electron chi connectivity index (χ0n) is 21.7. The number of aliphatic carboxylic acids is 1. The second-order valence-corrected chi connectivity index (χ2v) is 9.31. The zero-order chi connectivity index (χ0) is 29.1. The van der Waals surface area contributed by atoms with Crippen LogP contribution in [0.15, 0.2) is 30.5 Å². The lowest BCUT2D eigenvalue weighted by Crippen LogP contribution is -2.59. The molecule has 5 atom stereocenters. The highest BCUT2D eigenvalue weighted by Gasteiger charge is 2.33. The van der Waals surface area contributed by atoms with Crippen LogP contribution in [0.1, 0.15) is 38.2 Å². The number of rotatable bonds is 16. The molecule has 2 rings (SSSR count). The van der Waals surface area contributed by atoms with Crippen molar-refractivity contribution in [1.29, 1.82) is 0 Å². The van der Waals surface area contributed by atoms with Crippen LogP contribution < -0.4 is 33.2 Å². The van der Waals surface area contributed by atoms with Crippen molar-refractivity contribution < 1.29 is 34.2 Å². The SMILES string of the molecule is CC(O)C(NC(=O)C(Cc1c[nH]c2ccccc12)NC(=O)C(CC(N)=O)NC(=O)C(N)CCCCN)C(=O)O. The smallest absolute Gasteiger partial charge is 0.328 e. The van der Waals surface area contributed by atoms with E-state index in [0.29, 0.717) is 31.4 Å². The quantitative estimate of drug-likeness (QED) is 0.105. The predicted octanol–water partition coefficient (Wildman–Crippen LogP) is -2.04. The molecular weight excluding hydrogens is 510 g/mol. The summed E-state index contributed by atoms with van der Waals surface area (Å²) in [7, 11) is 0. The zero-order valence-corrected chi connectivity index (χ0v) is 21.7. The van der Waals surface area contributed by atoms with Crippen LogP contribution in [-0.2, 0) is 30.4 Å². The lowest BCUT2D eigenvalue weighted by Gasteiger charge is -2.25. The number of primary amides is 1. The van der Waals surface area contributed by atoms with E-state index in [1.165, 1.54) is 6.92 Å². The molecular formula is C25H37N7O7. The van der Waals surface area contributed by atoms with Gasteiger partial charge in [-0.1, -0.05) is 24.6 Å². The molecule has 0 radical (unpaired) electrons. The van der Waals surface area contributed by atoms with Gasteiger partial charge in [-0.3, -0.25) is 19.2 Å². The van der Waals surface area contributed by atoms with Crippen LogP contribution >= 0.6 is 0 Å². The summed E-state index contributed by atoms with van der Waals surface area (Å²) in [6, 6.07) is 1.82. The summed E-state index contributed by atoms with van der Waals surface area (Å²) in [4.78, 5) is 65.2. The number of aliphatic hydroxyl groups excluding tert-OH is 1. The summed E-state index contributed by atoms with van der Waals surface area (Å²) >= 11 is 0. The molecule has 14 heteroatoms. The van der Waals surface area contributed by atoms with Crippen LogP contribution in [-0.4, -0.2) is 81.6 Å². The third-order valence-corrected chi connectivity index (χ3v) is 6.12. The highest BCUT2D eigenvalue weighted by Crippen LogP contribution is 2.19. The summed E-state index contributed by atoms with van der Waals surface area (Å²) in [5.41, 5.74) is 18.0. The molecule has 0 bridgehead atoms. The first-order chi connectivity index (χ1) is 18.4. The van der Waals surface area contributed by atoms with Crippen LogP contribution in [0.2, 0.25) is 0 Å². The molecule has 0 fully saturated rings. The summed E-state index contributed by atoms with van der Waals surface area (Å²) in [5, 5.41) is 27.1. The van der Waals surface area contributed by atoms with Crippen LogP contribution in [0.3, 0.4) is 0 Å². The number of nitrogens with two attached hydrogens (primary N) is 3. The third kappa shape index (κ3) is 9.35. The number of fused-ring (bicyclic) bond motifs is 1. The number of amides is 4. The average Bonchev–Trinajstić information content (AvgIpc) is 3.28. The van der Waals surface area contributed by atoms with E-state index in [2.05, 4.69) is 20.9 Å². The number of carbonyl (C=O) groups is 5. The minimum atomic E-state index is -1.65. The van der Waals surface area contributed by atoms with Crippen LogP contribution in [0.25, 0.3) is 10.9 Å². The molecule has 12 N–H and O–H groups in total.